The van der Waals surface area contributed by atoms with Crippen LogP contribution >= 0.6 is 23.2 Å². The molecule has 0 radical (unpaired) electrons. The highest BCUT2D eigenvalue weighted by molar-refractivity contribution is 6.30. The molecule has 134 valence electrons. The van der Waals surface area contributed by atoms with Crippen LogP contribution in [-0.2, 0) is 19.6 Å². The van der Waals surface area contributed by atoms with E-state index in [-0.39, 0.29) is 0 Å². The van der Waals surface area contributed by atoms with Crippen LogP contribution in [0.15, 0.2) is 72.8 Å². The second-order valence-electron chi connectivity index (χ2n) is 6.08. The van der Waals surface area contributed by atoms with Crippen molar-refractivity contribution in [1.29, 1.82) is 0 Å². The van der Waals surface area contributed by atoms with E-state index in [1.54, 1.807) is 0 Å². The van der Waals surface area contributed by atoms with Gasteiger partial charge >= 0.3 is 0 Å². The fourth-order valence-corrected chi connectivity index (χ4v) is 2.99. The maximum atomic E-state index is 6.16. The number of hydrogen-bond donors (Lipinski definition) is 1. The Morgan fingerprint density at radius 2 is 1.50 bits per heavy atom. The van der Waals surface area contributed by atoms with Crippen LogP contribution in [0.1, 0.15) is 16.7 Å². The van der Waals surface area contributed by atoms with Crippen LogP contribution in [0.25, 0.3) is 0 Å². The van der Waals surface area contributed by atoms with Gasteiger partial charge in [0.1, 0.15) is 12.4 Å². The molecule has 0 aliphatic carbocycles. The largest absolute Gasteiger partial charge is 0.489 e. The summed E-state index contributed by atoms with van der Waals surface area (Å²) in [4.78, 5) is 0. The third-order valence-corrected chi connectivity index (χ3v) is 4.57. The summed E-state index contributed by atoms with van der Waals surface area (Å²) in [6.07, 6.45) is 0.988. The van der Waals surface area contributed by atoms with E-state index in [2.05, 4.69) is 29.6 Å². The molecular formula is C22H21Cl2NO. The molecule has 3 aromatic rings. The van der Waals surface area contributed by atoms with Gasteiger partial charge in [0, 0.05) is 22.2 Å². The molecule has 0 atom stereocenters. The molecule has 26 heavy (non-hydrogen) atoms. The fraction of sp³-hybridized carbons (Fsp3) is 0.182. The van der Waals surface area contributed by atoms with Gasteiger partial charge in [0.25, 0.3) is 0 Å². The van der Waals surface area contributed by atoms with Gasteiger partial charge in [0.15, 0.2) is 0 Å². The normalized spacial score (nSPS) is 10.7. The molecule has 0 aromatic heterocycles. The van der Waals surface area contributed by atoms with Crippen LogP contribution in [0.5, 0.6) is 5.75 Å². The van der Waals surface area contributed by atoms with E-state index in [9.17, 15) is 0 Å². The average molecular weight is 386 g/mol. The van der Waals surface area contributed by atoms with E-state index in [4.69, 9.17) is 27.9 Å². The molecule has 0 bridgehead atoms. The summed E-state index contributed by atoms with van der Waals surface area (Å²) in [6, 6.07) is 23.8. The van der Waals surface area contributed by atoms with Crippen molar-refractivity contribution in [3.05, 3.63) is 99.5 Å². The van der Waals surface area contributed by atoms with Crippen LogP contribution < -0.4 is 10.1 Å². The molecule has 0 amide bonds. The quantitative estimate of drug-likeness (QED) is 0.487. The molecule has 0 heterocycles. The standard InChI is InChI=1S/C22H21Cl2NO/c23-20-8-6-18(7-9-20)16-26-22-11-10-21(24)14-19(22)15-25-13-12-17-4-2-1-3-5-17/h1-11,14,25H,12-13,15-16H2. The molecule has 1 N–H and O–H groups in total. The highest BCUT2D eigenvalue weighted by atomic mass is 35.5. The zero-order valence-corrected chi connectivity index (χ0v) is 15.9. The summed E-state index contributed by atoms with van der Waals surface area (Å²) in [6.45, 7) is 2.10. The van der Waals surface area contributed by atoms with Gasteiger partial charge in [-0.25, -0.2) is 0 Å². The Bertz CT molecular complexity index is 819. The second-order valence-corrected chi connectivity index (χ2v) is 6.95. The van der Waals surface area contributed by atoms with Crippen molar-refractivity contribution in [2.24, 2.45) is 0 Å². The van der Waals surface area contributed by atoms with Gasteiger partial charge in [0.2, 0.25) is 0 Å². The fourth-order valence-electron chi connectivity index (χ4n) is 2.67. The van der Waals surface area contributed by atoms with Crippen LogP contribution in [-0.4, -0.2) is 6.54 Å². The summed E-state index contributed by atoms with van der Waals surface area (Å²) in [5, 5.41) is 4.90. The van der Waals surface area contributed by atoms with Gasteiger partial charge in [-0.1, -0.05) is 65.7 Å². The molecular weight excluding hydrogens is 365 g/mol. The predicted octanol–water partition coefficient (Wildman–Crippen LogP) is 5.90. The van der Waals surface area contributed by atoms with Crippen LogP contribution in [0, 0.1) is 0 Å². The number of nitrogens with one attached hydrogen (secondary N) is 1. The monoisotopic (exact) mass is 385 g/mol. The van der Waals surface area contributed by atoms with Crippen molar-refractivity contribution in [1.82, 2.24) is 5.32 Å². The Labute approximate surface area is 164 Å². The molecule has 3 aromatic carbocycles. The Kier molecular flexibility index (Phi) is 6.96. The lowest BCUT2D eigenvalue weighted by Gasteiger charge is -2.13. The minimum Gasteiger partial charge on any atom is -0.489 e. The predicted molar refractivity (Wildman–Crippen MR) is 109 cm³/mol. The van der Waals surface area contributed by atoms with Crippen molar-refractivity contribution in [3.63, 3.8) is 0 Å². The van der Waals surface area contributed by atoms with Crippen LogP contribution in [0.3, 0.4) is 0 Å². The minimum atomic E-state index is 0.496. The van der Waals surface area contributed by atoms with E-state index in [0.717, 1.165) is 34.9 Å². The van der Waals surface area contributed by atoms with Crippen molar-refractivity contribution in [2.75, 3.05) is 6.54 Å². The van der Waals surface area contributed by atoms with Gasteiger partial charge in [-0.2, -0.15) is 0 Å². The van der Waals surface area contributed by atoms with Crippen molar-refractivity contribution in [2.45, 2.75) is 19.6 Å². The van der Waals surface area contributed by atoms with Crippen molar-refractivity contribution >= 4 is 23.2 Å². The van der Waals surface area contributed by atoms with E-state index in [1.807, 2.05) is 48.5 Å². The molecule has 0 aliphatic rings. The molecule has 0 aliphatic heterocycles. The van der Waals surface area contributed by atoms with E-state index in [1.165, 1.54) is 5.56 Å². The lowest BCUT2D eigenvalue weighted by Crippen LogP contribution is -2.17. The molecule has 0 spiro atoms. The number of rotatable bonds is 8. The molecule has 0 fully saturated rings. The Morgan fingerprint density at radius 3 is 2.27 bits per heavy atom. The average Bonchev–Trinajstić information content (AvgIpc) is 2.67. The third kappa shape index (κ3) is 5.77. The maximum Gasteiger partial charge on any atom is 0.124 e. The van der Waals surface area contributed by atoms with Crippen LogP contribution in [0.4, 0.5) is 0 Å². The zero-order chi connectivity index (χ0) is 18.2. The molecule has 2 nitrogen and oxygen atoms in total. The van der Waals surface area contributed by atoms with E-state index >= 15 is 0 Å². The first-order chi connectivity index (χ1) is 12.7. The Hall–Kier alpha value is -2.00. The molecule has 0 unspecified atom stereocenters. The highest BCUT2D eigenvalue weighted by Gasteiger charge is 2.06. The Morgan fingerprint density at radius 1 is 0.769 bits per heavy atom. The lowest BCUT2D eigenvalue weighted by molar-refractivity contribution is 0.302. The molecule has 4 heteroatoms. The lowest BCUT2D eigenvalue weighted by atomic mass is 10.1. The van der Waals surface area contributed by atoms with Crippen molar-refractivity contribution in [3.8, 4) is 5.75 Å². The minimum absolute atomic E-state index is 0.496. The number of halogens is 2. The summed E-state index contributed by atoms with van der Waals surface area (Å²) < 4.78 is 5.99. The van der Waals surface area contributed by atoms with Gasteiger partial charge < -0.3 is 10.1 Å². The number of ether oxygens (including phenoxy) is 1. The van der Waals surface area contributed by atoms with Crippen molar-refractivity contribution < 1.29 is 4.74 Å². The second kappa shape index (κ2) is 9.63. The molecule has 3 rings (SSSR count). The van der Waals surface area contributed by atoms with E-state index < -0.39 is 0 Å². The SMILES string of the molecule is Clc1ccc(COc2ccc(Cl)cc2CNCCc2ccccc2)cc1. The Balaban J connectivity index is 1.56. The molecule has 0 saturated heterocycles. The van der Waals surface area contributed by atoms with E-state index in [0.29, 0.717) is 18.2 Å². The first kappa shape index (κ1) is 18.8. The summed E-state index contributed by atoms with van der Waals surface area (Å²) in [5.74, 6) is 0.844. The van der Waals surface area contributed by atoms with Gasteiger partial charge in [-0.05, 0) is 54.4 Å². The first-order valence-electron chi connectivity index (χ1n) is 8.61. The summed E-state index contributed by atoms with van der Waals surface area (Å²) >= 11 is 12.1. The van der Waals surface area contributed by atoms with Crippen LogP contribution in [0.2, 0.25) is 10.0 Å². The summed E-state index contributed by atoms with van der Waals surface area (Å²) in [5.41, 5.74) is 3.46. The topological polar surface area (TPSA) is 21.3 Å². The molecule has 0 saturated carbocycles. The number of benzene rings is 3. The van der Waals surface area contributed by atoms with Gasteiger partial charge in [0.05, 0.1) is 0 Å². The number of hydrogen-bond acceptors (Lipinski definition) is 2. The zero-order valence-electron chi connectivity index (χ0n) is 14.4. The summed E-state index contributed by atoms with van der Waals surface area (Å²) in [7, 11) is 0. The van der Waals surface area contributed by atoms with Gasteiger partial charge in [-0.15, -0.1) is 0 Å². The van der Waals surface area contributed by atoms with Gasteiger partial charge in [-0.3, -0.25) is 0 Å². The third-order valence-electron chi connectivity index (χ3n) is 4.08. The first-order valence-corrected chi connectivity index (χ1v) is 9.36. The smallest absolute Gasteiger partial charge is 0.124 e. The highest BCUT2D eigenvalue weighted by Crippen LogP contribution is 2.24. The maximum absolute atomic E-state index is 6.16.